The lowest BCUT2D eigenvalue weighted by molar-refractivity contribution is 0.252. The quantitative estimate of drug-likeness (QED) is 0.777. The average molecular weight is 243 g/mol. The molecule has 4 heteroatoms. The third-order valence-electron chi connectivity index (χ3n) is 2.90. The van der Waals surface area contributed by atoms with Gasteiger partial charge in [0.1, 0.15) is 0 Å². The molecule has 0 heterocycles. The first-order valence-electron chi connectivity index (χ1n) is 5.53. The smallest absolute Gasteiger partial charge is 0.288 e. The summed E-state index contributed by atoms with van der Waals surface area (Å²) in [6, 6.07) is 7.20. The second-order valence-corrected chi connectivity index (χ2v) is 5.14. The van der Waals surface area contributed by atoms with Crippen molar-refractivity contribution in [1.29, 1.82) is 0 Å². The molecule has 0 unspecified atom stereocenters. The largest absolute Gasteiger partial charge is 0.385 e. The molecule has 0 spiro atoms. The van der Waals surface area contributed by atoms with E-state index in [0.29, 0.717) is 16.7 Å². The Morgan fingerprint density at radius 1 is 1.25 bits per heavy atom. The molecule has 0 amide bonds. The van der Waals surface area contributed by atoms with Crippen molar-refractivity contribution in [3.63, 3.8) is 0 Å². The predicted octanol–water partition coefficient (Wildman–Crippen LogP) is 4.21. The van der Waals surface area contributed by atoms with Gasteiger partial charge in [-0.15, -0.1) is 0 Å². The standard InChI is InChI=1S/C12H15F2NS/c13-12(14)16-11-6-4-10(5-7-11)15-8-9-2-1-3-9/h4-7,9,12,15H,1-3,8H2. The molecular formula is C12H15F2NS. The summed E-state index contributed by atoms with van der Waals surface area (Å²) >= 11 is 0.586. The van der Waals surface area contributed by atoms with Crippen molar-refractivity contribution < 1.29 is 8.78 Å². The second kappa shape index (κ2) is 5.53. The maximum absolute atomic E-state index is 12.1. The van der Waals surface area contributed by atoms with Crippen LogP contribution in [0, 0.1) is 5.92 Å². The molecule has 1 aromatic rings. The van der Waals surface area contributed by atoms with E-state index in [9.17, 15) is 8.78 Å². The van der Waals surface area contributed by atoms with E-state index < -0.39 is 5.76 Å². The number of halogens is 2. The molecule has 2 rings (SSSR count). The Morgan fingerprint density at radius 2 is 1.94 bits per heavy atom. The second-order valence-electron chi connectivity index (χ2n) is 4.08. The molecule has 0 radical (unpaired) electrons. The summed E-state index contributed by atoms with van der Waals surface area (Å²) in [6.45, 7) is 1.00. The number of hydrogen-bond acceptors (Lipinski definition) is 2. The van der Waals surface area contributed by atoms with Crippen LogP contribution >= 0.6 is 11.8 Å². The Kier molecular flexibility index (Phi) is 4.04. The third-order valence-corrected chi connectivity index (χ3v) is 3.62. The Bertz CT molecular complexity index is 322. The van der Waals surface area contributed by atoms with Crippen molar-refractivity contribution in [2.24, 2.45) is 5.92 Å². The van der Waals surface area contributed by atoms with E-state index in [1.807, 2.05) is 12.1 Å². The van der Waals surface area contributed by atoms with Crippen LogP contribution in [0.25, 0.3) is 0 Å². The molecule has 88 valence electrons. The van der Waals surface area contributed by atoms with Gasteiger partial charge in [0, 0.05) is 17.1 Å². The van der Waals surface area contributed by atoms with E-state index in [0.717, 1.165) is 18.2 Å². The first-order chi connectivity index (χ1) is 7.74. The van der Waals surface area contributed by atoms with Crippen LogP contribution in [0.5, 0.6) is 0 Å². The highest BCUT2D eigenvalue weighted by atomic mass is 32.2. The van der Waals surface area contributed by atoms with Gasteiger partial charge in [-0.1, -0.05) is 18.2 Å². The SMILES string of the molecule is FC(F)Sc1ccc(NCC2CCC2)cc1. The summed E-state index contributed by atoms with van der Waals surface area (Å²) in [7, 11) is 0. The van der Waals surface area contributed by atoms with Crippen LogP contribution in [0.15, 0.2) is 29.2 Å². The highest BCUT2D eigenvalue weighted by Crippen LogP contribution is 2.28. The van der Waals surface area contributed by atoms with Gasteiger partial charge in [0.2, 0.25) is 0 Å². The van der Waals surface area contributed by atoms with Crippen molar-refractivity contribution in [3.05, 3.63) is 24.3 Å². The number of benzene rings is 1. The highest BCUT2D eigenvalue weighted by Gasteiger charge is 2.16. The van der Waals surface area contributed by atoms with Crippen molar-refractivity contribution in [1.82, 2.24) is 0 Å². The van der Waals surface area contributed by atoms with Crippen LogP contribution < -0.4 is 5.32 Å². The van der Waals surface area contributed by atoms with Crippen LogP contribution in [0.4, 0.5) is 14.5 Å². The molecule has 0 atom stereocenters. The maximum Gasteiger partial charge on any atom is 0.288 e. The Morgan fingerprint density at radius 3 is 2.44 bits per heavy atom. The van der Waals surface area contributed by atoms with Gasteiger partial charge >= 0.3 is 0 Å². The number of nitrogens with one attached hydrogen (secondary N) is 1. The molecule has 0 bridgehead atoms. The zero-order valence-corrected chi connectivity index (χ0v) is 9.77. The fourth-order valence-electron chi connectivity index (χ4n) is 1.71. The maximum atomic E-state index is 12.1. The van der Waals surface area contributed by atoms with Gasteiger partial charge in [0.05, 0.1) is 0 Å². The molecule has 0 saturated heterocycles. The van der Waals surface area contributed by atoms with E-state index in [4.69, 9.17) is 0 Å². The summed E-state index contributed by atoms with van der Waals surface area (Å²) in [5.41, 5.74) is 1.02. The summed E-state index contributed by atoms with van der Waals surface area (Å²) in [5, 5.41) is 3.33. The Hall–Kier alpha value is -0.770. The third kappa shape index (κ3) is 3.37. The number of thioether (sulfide) groups is 1. The van der Waals surface area contributed by atoms with Gasteiger partial charge in [-0.05, 0) is 43.0 Å². The zero-order chi connectivity index (χ0) is 11.4. The predicted molar refractivity (Wildman–Crippen MR) is 64.1 cm³/mol. The molecule has 16 heavy (non-hydrogen) atoms. The van der Waals surface area contributed by atoms with Gasteiger partial charge in [-0.2, -0.15) is 8.78 Å². The first-order valence-corrected chi connectivity index (χ1v) is 6.41. The average Bonchev–Trinajstić information content (AvgIpc) is 2.17. The minimum Gasteiger partial charge on any atom is -0.385 e. The number of alkyl halides is 2. The van der Waals surface area contributed by atoms with Crippen LogP contribution in [-0.2, 0) is 0 Å². The molecule has 0 aromatic heterocycles. The minimum absolute atomic E-state index is 0.586. The van der Waals surface area contributed by atoms with E-state index >= 15 is 0 Å². The van der Waals surface area contributed by atoms with Crippen LogP contribution in [0.2, 0.25) is 0 Å². The van der Waals surface area contributed by atoms with Crippen LogP contribution in [0.1, 0.15) is 19.3 Å². The summed E-state index contributed by atoms with van der Waals surface area (Å²) in [5.74, 6) is -1.54. The molecule has 1 N–H and O–H groups in total. The van der Waals surface area contributed by atoms with Crippen molar-refractivity contribution >= 4 is 17.4 Å². The van der Waals surface area contributed by atoms with E-state index in [2.05, 4.69) is 5.32 Å². The van der Waals surface area contributed by atoms with E-state index in [1.54, 1.807) is 12.1 Å². The molecule has 1 aliphatic carbocycles. The number of rotatable bonds is 5. The lowest BCUT2D eigenvalue weighted by Gasteiger charge is -2.25. The first kappa shape index (κ1) is 11.7. The Balaban J connectivity index is 1.81. The summed E-state index contributed by atoms with van der Waals surface area (Å²) < 4.78 is 24.2. The fourth-order valence-corrected chi connectivity index (χ4v) is 2.21. The van der Waals surface area contributed by atoms with Crippen molar-refractivity contribution in [2.75, 3.05) is 11.9 Å². The molecule has 1 nitrogen and oxygen atoms in total. The van der Waals surface area contributed by atoms with Gasteiger partial charge in [0.25, 0.3) is 5.76 Å². The molecular weight excluding hydrogens is 228 g/mol. The van der Waals surface area contributed by atoms with E-state index in [-0.39, 0.29) is 0 Å². The van der Waals surface area contributed by atoms with Crippen molar-refractivity contribution in [3.8, 4) is 0 Å². The molecule has 1 saturated carbocycles. The summed E-state index contributed by atoms with van der Waals surface area (Å²) in [4.78, 5) is 0.615. The lowest BCUT2D eigenvalue weighted by atomic mass is 9.85. The van der Waals surface area contributed by atoms with E-state index in [1.165, 1.54) is 19.3 Å². The van der Waals surface area contributed by atoms with Gasteiger partial charge in [-0.3, -0.25) is 0 Å². The molecule has 1 aromatic carbocycles. The van der Waals surface area contributed by atoms with Gasteiger partial charge in [0.15, 0.2) is 0 Å². The van der Waals surface area contributed by atoms with Gasteiger partial charge in [-0.25, -0.2) is 0 Å². The van der Waals surface area contributed by atoms with Gasteiger partial charge < -0.3 is 5.32 Å². The number of hydrogen-bond donors (Lipinski definition) is 1. The topological polar surface area (TPSA) is 12.0 Å². The number of anilines is 1. The molecule has 0 aliphatic heterocycles. The zero-order valence-electron chi connectivity index (χ0n) is 8.96. The minimum atomic E-state index is -2.34. The highest BCUT2D eigenvalue weighted by molar-refractivity contribution is 7.99. The van der Waals surface area contributed by atoms with Crippen LogP contribution in [0.3, 0.4) is 0 Å². The molecule has 1 fully saturated rings. The summed E-state index contributed by atoms with van der Waals surface area (Å²) in [6.07, 6.45) is 3.97. The lowest BCUT2D eigenvalue weighted by Crippen LogP contribution is -2.20. The normalized spacial score (nSPS) is 16.2. The molecule has 1 aliphatic rings. The van der Waals surface area contributed by atoms with Crippen molar-refractivity contribution in [2.45, 2.75) is 29.9 Å². The van der Waals surface area contributed by atoms with Crippen LogP contribution in [-0.4, -0.2) is 12.3 Å². The Labute approximate surface area is 98.6 Å². The fraction of sp³-hybridized carbons (Fsp3) is 0.500. The monoisotopic (exact) mass is 243 g/mol.